The second-order valence-corrected chi connectivity index (χ2v) is 7.48. The maximum absolute atomic E-state index is 3.68. The normalized spacial score (nSPS) is 19.6. The van der Waals surface area contributed by atoms with Crippen LogP contribution in [-0.4, -0.2) is 7.05 Å². The molecule has 1 fully saturated rings. The van der Waals surface area contributed by atoms with E-state index in [0.717, 1.165) is 0 Å². The lowest BCUT2D eigenvalue weighted by molar-refractivity contribution is 0.149. The summed E-state index contributed by atoms with van der Waals surface area (Å²) in [6.45, 7) is 14.0. The SMILES string of the molecule is CNC(c1c(C)c(C)c(C)c(C)c1C)C1(C)CCCCC1. The van der Waals surface area contributed by atoms with Gasteiger partial charge in [-0.05, 0) is 93.3 Å². The van der Waals surface area contributed by atoms with E-state index >= 15 is 0 Å². The lowest BCUT2D eigenvalue weighted by Gasteiger charge is -2.42. The smallest absolute Gasteiger partial charge is 0.0377 e. The Hall–Kier alpha value is -0.820. The molecule has 1 heteroatoms. The minimum absolute atomic E-state index is 0.399. The summed E-state index contributed by atoms with van der Waals surface area (Å²) in [5, 5.41) is 3.68. The molecule has 0 aromatic heterocycles. The van der Waals surface area contributed by atoms with Crippen LogP contribution in [0.5, 0.6) is 0 Å². The molecule has 21 heavy (non-hydrogen) atoms. The van der Waals surface area contributed by atoms with Gasteiger partial charge < -0.3 is 5.32 Å². The van der Waals surface area contributed by atoms with E-state index in [4.69, 9.17) is 0 Å². The Balaban J connectivity index is 2.57. The quantitative estimate of drug-likeness (QED) is 0.778. The molecule has 1 saturated carbocycles. The molecular formula is C20H33N. The Morgan fingerprint density at radius 2 is 1.19 bits per heavy atom. The van der Waals surface area contributed by atoms with Crippen LogP contribution in [-0.2, 0) is 0 Å². The Morgan fingerprint density at radius 3 is 1.62 bits per heavy atom. The Labute approximate surface area is 131 Å². The van der Waals surface area contributed by atoms with Gasteiger partial charge in [0.05, 0.1) is 0 Å². The summed E-state index contributed by atoms with van der Waals surface area (Å²) in [7, 11) is 2.15. The van der Waals surface area contributed by atoms with E-state index in [1.807, 2.05) is 0 Å². The van der Waals surface area contributed by atoms with Gasteiger partial charge in [0.2, 0.25) is 0 Å². The number of nitrogens with one attached hydrogen (secondary N) is 1. The van der Waals surface area contributed by atoms with Crippen molar-refractivity contribution < 1.29 is 0 Å². The topological polar surface area (TPSA) is 12.0 Å². The lowest BCUT2D eigenvalue weighted by Crippen LogP contribution is -2.37. The van der Waals surface area contributed by atoms with Gasteiger partial charge in [-0.15, -0.1) is 0 Å². The van der Waals surface area contributed by atoms with Crippen LogP contribution in [0, 0.1) is 40.0 Å². The second kappa shape index (κ2) is 6.12. The summed E-state index contributed by atoms with van der Waals surface area (Å²) in [4.78, 5) is 0. The highest BCUT2D eigenvalue weighted by Crippen LogP contribution is 2.47. The van der Waals surface area contributed by atoms with Crippen LogP contribution >= 0.6 is 0 Å². The van der Waals surface area contributed by atoms with Gasteiger partial charge in [-0.25, -0.2) is 0 Å². The van der Waals surface area contributed by atoms with Crippen molar-refractivity contribution >= 4 is 0 Å². The summed E-state index contributed by atoms with van der Waals surface area (Å²) in [5.41, 5.74) is 9.40. The van der Waals surface area contributed by atoms with Crippen molar-refractivity contribution in [2.45, 2.75) is 79.7 Å². The van der Waals surface area contributed by atoms with Gasteiger partial charge in [0.1, 0.15) is 0 Å². The van der Waals surface area contributed by atoms with Crippen molar-refractivity contribution in [3.63, 3.8) is 0 Å². The average Bonchev–Trinajstić information content (AvgIpc) is 2.48. The van der Waals surface area contributed by atoms with E-state index in [0.29, 0.717) is 11.5 Å². The highest BCUT2D eigenvalue weighted by molar-refractivity contribution is 5.51. The molecule has 1 N–H and O–H groups in total. The molecule has 1 aromatic rings. The first-order valence-electron chi connectivity index (χ1n) is 8.57. The first-order valence-corrected chi connectivity index (χ1v) is 8.57. The molecule has 0 aliphatic heterocycles. The van der Waals surface area contributed by atoms with Gasteiger partial charge in [0, 0.05) is 6.04 Å². The van der Waals surface area contributed by atoms with E-state index in [1.54, 1.807) is 5.56 Å². The highest BCUT2D eigenvalue weighted by atomic mass is 14.9. The molecule has 0 saturated heterocycles. The van der Waals surface area contributed by atoms with E-state index in [9.17, 15) is 0 Å². The van der Waals surface area contributed by atoms with Gasteiger partial charge in [-0.2, -0.15) is 0 Å². The van der Waals surface area contributed by atoms with Crippen LogP contribution in [0.4, 0.5) is 0 Å². The zero-order valence-electron chi connectivity index (χ0n) is 15.1. The monoisotopic (exact) mass is 287 g/mol. The van der Waals surface area contributed by atoms with Crippen molar-refractivity contribution in [2.24, 2.45) is 5.41 Å². The van der Waals surface area contributed by atoms with E-state index in [1.165, 1.54) is 59.9 Å². The third-order valence-corrected chi connectivity index (χ3v) is 6.33. The predicted molar refractivity (Wildman–Crippen MR) is 93.1 cm³/mol. The Morgan fingerprint density at radius 1 is 0.762 bits per heavy atom. The maximum Gasteiger partial charge on any atom is 0.0377 e. The molecule has 0 radical (unpaired) electrons. The zero-order chi connectivity index (χ0) is 15.8. The molecule has 1 nitrogen and oxygen atoms in total. The Bertz CT molecular complexity index is 492. The number of hydrogen-bond donors (Lipinski definition) is 1. The molecule has 1 aliphatic rings. The number of benzene rings is 1. The molecule has 118 valence electrons. The summed E-state index contributed by atoms with van der Waals surface area (Å²) in [6, 6.07) is 0.482. The fraction of sp³-hybridized carbons (Fsp3) is 0.700. The second-order valence-electron chi connectivity index (χ2n) is 7.48. The molecule has 0 bridgehead atoms. The van der Waals surface area contributed by atoms with Crippen LogP contribution in [0.3, 0.4) is 0 Å². The summed E-state index contributed by atoms with van der Waals surface area (Å²) < 4.78 is 0. The fourth-order valence-corrected chi connectivity index (χ4v) is 4.45. The molecule has 0 amide bonds. The van der Waals surface area contributed by atoms with Gasteiger partial charge in [-0.3, -0.25) is 0 Å². The van der Waals surface area contributed by atoms with Crippen molar-refractivity contribution in [1.82, 2.24) is 5.32 Å². The van der Waals surface area contributed by atoms with Crippen molar-refractivity contribution in [3.05, 3.63) is 33.4 Å². The van der Waals surface area contributed by atoms with E-state index in [2.05, 4.69) is 53.9 Å². The summed E-state index contributed by atoms with van der Waals surface area (Å²) >= 11 is 0. The lowest BCUT2D eigenvalue weighted by atomic mass is 9.66. The van der Waals surface area contributed by atoms with Crippen molar-refractivity contribution in [3.8, 4) is 0 Å². The van der Waals surface area contributed by atoms with Crippen molar-refractivity contribution in [1.29, 1.82) is 0 Å². The molecule has 0 heterocycles. The molecule has 1 aliphatic carbocycles. The molecule has 0 spiro atoms. The number of rotatable bonds is 3. The first-order chi connectivity index (χ1) is 9.83. The van der Waals surface area contributed by atoms with Crippen molar-refractivity contribution in [2.75, 3.05) is 7.05 Å². The van der Waals surface area contributed by atoms with Gasteiger partial charge in [-0.1, -0.05) is 26.2 Å². The minimum atomic E-state index is 0.399. The van der Waals surface area contributed by atoms with Gasteiger partial charge >= 0.3 is 0 Å². The highest BCUT2D eigenvalue weighted by Gasteiger charge is 2.37. The molecule has 1 atom stereocenters. The Kier molecular flexibility index (Phi) is 4.82. The van der Waals surface area contributed by atoms with Crippen LogP contribution in [0.15, 0.2) is 0 Å². The average molecular weight is 287 g/mol. The molecule has 1 unspecified atom stereocenters. The predicted octanol–water partition coefficient (Wildman–Crippen LogP) is 5.46. The third-order valence-electron chi connectivity index (χ3n) is 6.33. The third kappa shape index (κ3) is 2.77. The van der Waals surface area contributed by atoms with Crippen LogP contribution in [0.1, 0.15) is 78.5 Å². The maximum atomic E-state index is 3.68. The molecule has 2 rings (SSSR count). The van der Waals surface area contributed by atoms with Gasteiger partial charge in [0.15, 0.2) is 0 Å². The number of hydrogen-bond acceptors (Lipinski definition) is 1. The van der Waals surface area contributed by atoms with Crippen LogP contribution in [0.25, 0.3) is 0 Å². The molecule has 1 aromatic carbocycles. The summed E-state index contributed by atoms with van der Waals surface area (Å²) in [6.07, 6.45) is 6.88. The van der Waals surface area contributed by atoms with Gasteiger partial charge in [0.25, 0.3) is 0 Å². The first kappa shape index (κ1) is 16.5. The standard InChI is InChI=1S/C20H33N/c1-13-14(2)16(4)18(17(5)15(13)3)19(21-7)20(6)11-9-8-10-12-20/h19,21H,8-12H2,1-7H3. The minimum Gasteiger partial charge on any atom is -0.313 e. The fourth-order valence-electron chi connectivity index (χ4n) is 4.45. The van der Waals surface area contributed by atoms with Crippen LogP contribution < -0.4 is 5.32 Å². The largest absolute Gasteiger partial charge is 0.313 e. The summed E-state index contributed by atoms with van der Waals surface area (Å²) in [5.74, 6) is 0. The zero-order valence-corrected chi connectivity index (χ0v) is 15.1. The molecular weight excluding hydrogens is 254 g/mol. The van der Waals surface area contributed by atoms with E-state index < -0.39 is 0 Å². The van der Waals surface area contributed by atoms with Crippen LogP contribution in [0.2, 0.25) is 0 Å². The van der Waals surface area contributed by atoms with E-state index in [-0.39, 0.29) is 0 Å².